The number of aromatic nitrogens is 2. The Balaban J connectivity index is 2.32. The maximum Gasteiger partial charge on any atom is 0.0877 e. The Hall–Kier alpha value is -0.840. The van der Waals surface area contributed by atoms with Gasteiger partial charge in [-0.25, -0.2) is 4.68 Å². The van der Waals surface area contributed by atoms with E-state index in [-0.39, 0.29) is 0 Å². The molecule has 0 bridgehead atoms. The summed E-state index contributed by atoms with van der Waals surface area (Å²) in [5.74, 6) is 0. The molecule has 0 aliphatic heterocycles. The van der Waals surface area contributed by atoms with Crippen molar-refractivity contribution in [3.8, 4) is 5.69 Å². The number of halogens is 2. The summed E-state index contributed by atoms with van der Waals surface area (Å²) in [6.45, 7) is 3.94. The van der Waals surface area contributed by atoms with Crippen LogP contribution in [0.15, 0.2) is 35.1 Å². The molecule has 0 saturated carbocycles. The second-order valence-electron chi connectivity index (χ2n) is 4.03. The summed E-state index contributed by atoms with van der Waals surface area (Å²) in [5, 5.41) is 8.39. The summed E-state index contributed by atoms with van der Waals surface area (Å²) < 4.78 is 2.74. The minimum atomic E-state index is 0.710. The van der Waals surface area contributed by atoms with Gasteiger partial charge in [0.2, 0.25) is 0 Å². The number of hydrogen-bond donors (Lipinski definition) is 1. The van der Waals surface area contributed by atoms with Crippen LogP contribution in [0.5, 0.6) is 0 Å². The van der Waals surface area contributed by atoms with Crippen molar-refractivity contribution in [2.75, 3.05) is 6.54 Å². The molecule has 0 aliphatic carbocycles. The smallest absolute Gasteiger partial charge is 0.0877 e. The third-order valence-corrected chi connectivity index (χ3v) is 3.31. The van der Waals surface area contributed by atoms with Gasteiger partial charge in [0.1, 0.15) is 0 Å². The lowest BCUT2D eigenvalue weighted by molar-refractivity contribution is 0.670. The molecule has 0 fully saturated rings. The maximum atomic E-state index is 6.28. The van der Waals surface area contributed by atoms with Crippen LogP contribution in [0.4, 0.5) is 0 Å². The normalized spacial score (nSPS) is 10.8. The van der Waals surface area contributed by atoms with E-state index in [9.17, 15) is 0 Å². The first-order chi connectivity index (χ1) is 8.72. The van der Waals surface area contributed by atoms with Crippen molar-refractivity contribution < 1.29 is 0 Å². The predicted molar refractivity (Wildman–Crippen MR) is 78.3 cm³/mol. The van der Waals surface area contributed by atoms with Crippen LogP contribution in [0.2, 0.25) is 5.02 Å². The molecule has 1 N–H and O–H groups in total. The summed E-state index contributed by atoms with van der Waals surface area (Å²) in [7, 11) is 0. The van der Waals surface area contributed by atoms with Crippen molar-refractivity contribution in [3.63, 3.8) is 0 Å². The van der Waals surface area contributed by atoms with Gasteiger partial charge in [-0.15, -0.1) is 0 Å². The van der Waals surface area contributed by atoms with Gasteiger partial charge >= 0.3 is 0 Å². The highest BCUT2D eigenvalue weighted by Gasteiger charge is 2.10. The number of nitrogens with one attached hydrogen (secondary N) is 1. The molecule has 18 heavy (non-hydrogen) atoms. The van der Waals surface area contributed by atoms with E-state index in [0.717, 1.165) is 35.2 Å². The summed E-state index contributed by atoms with van der Waals surface area (Å²) in [6.07, 6.45) is 4.78. The monoisotopic (exact) mass is 327 g/mol. The fourth-order valence-corrected chi connectivity index (χ4v) is 2.35. The van der Waals surface area contributed by atoms with E-state index in [4.69, 9.17) is 11.6 Å². The fraction of sp³-hybridized carbons (Fsp3) is 0.308. The molecule has 0 saturated heterocycles. The largest absolute Gasteiger partial charge is 0.313 e. The molecule has 0 aliphatic rings. The Morgan fingerprint density at radius 1 is 1.44 bits per heavy atom. The highest BCUT2D eigenvalue weighted by atomic mass is 79.9. The van der Waals surface area contributed by atoms with E-state index in [2.05, 4.69) is 39.3 Å². The molecule has 2 rings (SSSR count). The predicted octanol–water partition coefficient (Wildman–Crippen LogP) is 3.79. The number of benzene rings is 1. The first-order valence-corrected chi connectivity index (χ1v) is 7.08. The van der Waals surface area contributed by atoms with Crippen molar-refractivity contribution in [2.45, 2.75) is 19.9 Å². The van der Waals surface area contributed by atoms with Crippen molar-refractivity contribution in [3.05, 3.63) is 45.7 Å². The van der Waals surface area contributed by atoms with E-state index in [0.29, 0.717) is 5.02 Å². The van der Waals surface area contributed by atoms with Crippen molar-refractivity contribution in [1.82, 2.24) is 15.1 Å². The van der Waals surface area contributed by atoms with Gasteiger partial charge in [-0.1, -0.05) is 30.7 Å². The molecule has 0 amide bonds. The average Bonchev–Trinajstić information content (AvgIpc) is 2.76. The Morgan fingerprint density at radius 3 is 2.94 bits per heavy atom. The van der Waals surface area contributed by atoms with E-state index in [1.54, 1.807) is 10.9 Å². The van der Waals surface area contributed by atoms with Gasteiger partial charge in [-0.3, -0.25) is 0 Å². The highest BCUT2D eigenvalue weighted by Crippen LogP contribution is 2.25. The van der Waals surface area contributed by atoms with Gasteiger partial charge in [0.05, 0.1) is 21.4 Å². The molecule has 5 heteroatoms. The molecule has 0 atom stereocenters. The van der Waals surface area contributed by atoms with Gasteiger partial charge in [0.25, 0.3) is 0 Å². The molecule has 0 unspecified atom stereocenters. The third kappa shape index (κ3) is 3.13. The van der Waals surface area contributed by atoms with E-state index >= 15 is 0 Å². The fourth-order valence-electron chi connectivity index (χ4n) is 1.78. The Kier molecular flexibility index (Phi) is 4.80. The van der Waals surface area contributed by atoms with Crippen molar-refractivity contribution in [1.29, 1.82) is 0 Å². The zero-order valence-electron chi connectivity index (χ0n) is 10.2. The molecular formula is C13H15BrClN3. The standard InChI is InChI=1S/C13H15BrClN3/c1-2-6-16-7-10-4-3-5-12(15)13(10)18-9-11(14)8-17-18/h3-5,8-9,16H,2,6-7H2,1H3. The minimum Gasteiger partial charge on any atom is -0.313 e. The SMILES string of the molecule is CCCNCc1cccc(Cl)c1-n1cc(Br)cn1. The van der Waals surface area contributed by atoms with Crippen LogP contribution < -0.4 is 5.32 Å². The third-order valence-electron chi connectivity index (χ3n) is 2.59. The summed E-state index contributed by atoms with van der Waals surface area (Å²) in [4.78, 5) is 0. The van der Waals surface area contributed by atoms with Crippen LogP contribution in [0.1, 0.15) is 18.9 Å². The average molecular weight is 329 g/mol. The molecule has 2 aromatic rings. The van der Waals surface area contributed by atoms with Crippen LogP contribution in [0.25, 0.3) is 5.69 Å². The zero-order valence-corrected chi connectivity index (χ0v) is 12.5. The molecule has 0 spiro atoms. The van der Waals surface area contributed by atoms with Crippen molar-refractivity contribution >= 4 is 27.5 Å². The minimum absolute atomic E-state index is 0.710. The van der Waals surface area contributed by atoms with Crippen LogP contribution >= 0.6 is 27.5 Å². The topological polar surface area (TPSA) is 29.9 Å². The van der Waals surface area contributed by atoms with Gasteiger partial charge in [0, 0.05) is 12.7 Å². The van der Waals surface area contributed by atoms with Gasteiger partial charge < -0.3 is 5.32 Å². The summed E-state index contributed by atoms with van der Waals surface area (Å²) in [5.41, 5.74) is 2.08. The van der Waals surface area contributed by atoms with E-state index < -0.39 is 0 Å². The highest BCUT2D eigenvalue weighted by molar-refractivity contribution is 9.10. The number of rotatable bonds is 5. The Labute approximate surface area is 120 Å². The first-order valence-electron chi connectivity index (χ1n) is 5.91. The second-order valence-corrected chi connectivity index (χ2v) is 5.35. The Bertz CT molecular complexity index is 525. The molecule has 0 radical (unpaired) electrons. The van der Waals surface area contributed by atoms with Gasteiger partial charge in [0.15, 0.2) is 0 Å². The number of nitrogens with zero attached hydrogens (tertiary/aromatic N) is 2. The van der Waals surface area contributed by atoms with E-state index in [1.807, 2.05) is 18.3 Å². The lowest BCUT2D eigenvalue weighted by atomic mass is 10.1. The lowest BCUT2D eigenvalue weighted by Crippen LogP contribution is -2.15. The molecule has 3 nitrogen and oxygen atoms in total. The molecular weight excluding hydrogens is 314 g/mol. The molecule has 1 heterocycles. The summed E-state index contributed by atoms with van der Waals surface area (Å²) >= 11 is 9.68. The van der Waals surface area contributed by atoms with Crippen molar-refractivity contribution in [2.24, 2.45) is 0 Å². The van der Waals surface area contributed by atoms with Crippen LogP contribution in [-0.4, -0.2) is 16.3 Å². The Morgan fingerprint density at radius 2 is 2.28 bits per heavy atom. The second kappa shape index (κ2) is 6.36. The summed E-state index contributed by atoms with van der Waals surface area (Å²) in [6, 6.07) is 5.92. The van der Waals surface area contributed by atoms with Crippen LogP contribution in [-0.2, 0) is 6.54 Å². The van der Waals surface area contributed by atoms with Crippen LogP contribution in [0.3, 0.4) is 0 Å². The zero-order chi connectivity index (χ0) is 13.0. The van der Waals surface area contributed by atoms with Crippen LogP contribution in [0, 0.1) is 0 Å². The molecule has 1 aromatic heterocycles. The number of hydrogen-bond acceptors (Lipinski definition) is 2. The quantitative estimate of drug-likeness (QED) is 0.846. The molecule has 96 valence electrons. The van der Waals surface area contributed by atoms with Gasteiger partial charge in [-0.2, -0.15) is 5.10 Å². The number of para-hydroxylation sites is 1. The van der Waals surface area contributed by atoms with Gasteiger partial charge in [-0.05, 0) is 40.5 Å². The molecule has 1 aromatic carbocycles. The first kappa shape index (κ1) is 13.6. The lowest BCUT2D eigenvalue weighted by Gasteiger charge is -2.12. The maximum absolute atomic E-state index is 6.28. The van der Waals surface area contributed by atoms with E-state index in [1.165, 1.54) is 0 Å².